The van der Waals surface area contributed by atoms with Crippen LogP contribution >= 0.6 is 0 Å². The van der Waals surface area contributed by atoms with Gasteiger partial charge in [0.05, 0.1) is 0 Å². The van der Waals surface area contributed by atoms with Crippen LogP contribution in [0.3, 0.4) is 0 Å². The van der Waals surface area contributed by atoms with Crippen molar-refractivity contribution in [3.8, 4) is 0 Å². The largest absolute Gasteiger partial charge is 0.313 e. The van der Waals surface area contributed by atoms with Gasteiger partial charge < -0.3 is 5.32 Å². The molecule has 2 nitrogen and oxygen atoms in total. The molecule has 1 fully saturated rings. The number of aromatic nitrogens is 1. The standard InChI is InChI=1S/C19H32N2/c1-5-20-18(13-17-16(4)9-8-12-21-17)19(14-15(2)3)10-6-7-11-19/h8-9,12,15,18,20H,5-7,10-11,13-14H2,1-4H3. The second kappa shape index (κ2) is 7.40. The molecule has 2 heteroatoms. The van der Waals surface area contributed by atoms with Crippen LogP contribution in [0.2, 0.25) is 0 Å². The molecule has 118 valence electrons. The number of nitrogens with one attached hydrogen (secondary N) is 1. The Morgan fingerprint density at radius 1 is 1.29 bits per heavy atom. The third kappa shape index (κ3) is 4.06. The second-order valence-corrected chi connectivity index (χ2v) is 7.25. The zero-order chi connectivity index (χ0) is 15.3. The van der Waals surface area contributed by atoms with E-state index < -0.39 is 0 Å². The first kappa shape index (κ1) is 16.5. The van der Waals surface area contributed by atoms with E-state index in [4.69, 9.17) is 0 Å². The Morgan fingerprint density at radius 2 is 2.00 bits per heavy atom. The maximum Gasteiger partial charge on any atom is 0.0448 e. The van der Waals surface area contributed by atoms with Gasteiger partial charge in [0.2, 0.25) is 0 Å². The Morgan fingerprint density at radius 3 is 2.57 bits per heavy atom. The molecule has 1 aromatic rings. The Bertz CT molecular complexity index is 433. The highest BCUT2D eigenvalue weighted by atomic mass is 14.9. The second-order valence-electron chi connectivity index (χ2n) is 7.25. The van der Waals surface area contributed by atoms with E-state index in [1.165, 1.54) is 43.4 Å². The van der Waals surface area contributed by atoms with E-state index in [-0.39, 0.29) is 0 Å². The van der Waals surface area contributed by atoms with Crippen LogP contribution in [0.5, 0.6) is 0 Å². The summed E-state index contributed by atoms with van der Waals surface area (Å²) in [6.07, 6.45) is 9.92. The molecule has 1 atom stereocenters. The van der Waals surface area contributed by atoms with Gasteiger partial charge in [0.25, 0.3) is 0 Å². The van der Waals surface area contributed by atoms with E-state index in [9.17, 15) is 0 Å². The molecular formula is C19H32N2. The third-order valence-electron chi connectivity index (χ3n) is 5.12. The minimum Gasteiger partial charge on any atom is -0.313 e. The molecule has 1 unspecified atom stereocenters. The lowest BCUT2D eigenvalue weighted by molar-refractivity contribution is 0.154. The fourth-order valence-electron chi connectivity index (χ4n) is 4.26. The molecule has 1 N–H and O–H groups in total. The van der Waals surface area contributed by atoms with Gasteiger partial charge in [-0.3, -0.25) is 4.98 Å². The average molecular weight is 288 g/mol. The first-order valence-corrected chi connectivity index (χ1v) is 8.71. The van der Waals surface area contributed by atoms with Crippen LogP contribution in [-0.2, 0) is 6.42 Å². The van der Waals surface area contributed by atoms with Crippen molar-refractivity contribution in [2.45, 2.75) is 72.3 Å². The number of hydrogen-bond acceptors (Lipinski definition) is 2. The minimum absolute atomic E-state index is 0.480. The maximum absolute atomic E-state index is 4.64. The van der Waals surface area contributed by atoms with Gasteiger partial charge in [0.15, 0.2) is 0 Å². The third-order valence-corrected chi connectivity index (χ3v) is 5.12. The quantitative estimate of drug-likeness (QED) is 0.798. The van der Waals surface area contributed by atoms with Crippen LogP contribution in [0, 0.1) is 18.3 Å². The predicted octanol–water partition coefficient (Wildman–Crippen LogP) is 4.52. The summed E-state index contributed by atoms with van der Waals surface area (Å²) in [7, 11) is 0. The van der Waals surface area contributed by atoms with Crippen LogP contribution < -0.4 is 5.32 Å². The smallest absolute Gasteiger partial charge is 0.0448 e. The Kier molecular flexibility index (Phi) is 5.80. The fourth-order valence-corrected chi connectivity index (χ4v) is 4.26. The molecule has 0 bridgehead atoms. The zero-order valence-corrected chi connectivity index (χ0v) is 14.3. The molecule has 1 saturated carbocycles. The van der Waals surface area contributed by atoms with Crippen molar-refractivity contribution >= 4 is 0 Å². The van der Waals surface area contributed by atoms with E-state index in [1.54, 1.807) is 0 Å². The molecule has 1 aliphatic rings. The summed E-state index contributed by atoms with van der Waals surface area (Å²) in [5, 5.41) is 3.81. The molecule has 0 spiro atoms. The summed E-state index contributed by atoms with van der Waals surface area (Å²) < 4.78 is 0. The molecule has 1 aliphatic carbocycles. The van der Waals surface area contributed by atoms with Crippen LogP contribution in [0.15, 0.2) is 18.3 Å². The minimum atomic E-state index is 0.480. The van der Waals surface area contributed by atoms with Crippen LogP contribution in [0.25, 0.3) is 0 Å². The molecule has 2 rings (SSSR count). The Balaban J connectivity index is 2.21. The summed E-state index contributed by atoms with van der Waals surface area (Å²) in [5.74, 6) is 0.772. The fraction of sp³-hybridized carbons (Fsp3) is 0.737. The predicted molar refractivity (Wildman–Crippen MR) is 90.5 cm³/mol. The highest BCUT2D eigenvalue weighted by molar-refractivity contribution is 5.19. The molecule has 0 amide bonds. The number of nitrogens with zero attached hydrogens (tertiary/aromatic N) is 1. The van der Waals surface area contributed by atoms with Gasteiger partial charge in [0.1, 0.15) is 0 Å². The molecule has 0 saturated heterocycles. The Labute approximate surface area is 130 Å². The molecule has 1 aromatic heterocycles. The average Bonchev–Trinajstić information content (AvgIpc) is 2.89. The molecule has 0 radical (unpaired) electrons. The number of likely N-dealkylation sites (N-methyl/N-ethyl adjacent to an activating group) is 1. The van der Waals surface area contributed by atoms with Gasteiger partial charge in [-0.1, -0.05) is 39.7 Å². The summed E-state index contributed by atoms with van der Waals surface area (Å²) in [6.45, 7) is 10.2. The SMILES string of the molecule is CCNC(Cc1ncccc1C)C1(CC(C)C)CCCC1. The van der Waals surface area contributed by atoms with Crippen molar-refractivity contribution in [2.24, 2.45) is 11.3 Å². The van der Waals surface area contributed by atoms with Gasteiger partial charge in [-0.15, -0.1) is 0 Å². The van der Waals surface area contributed by atoms with Crippen molar-refractivity contribution in [1.29, 1.82) is 0 Å². The highest BCUT2D eigenvalue weighted by Gasteiger charge is 2.41. The van der Waals surface area contributed by atoms with Crippen molar-refractivity contribution in [3.63, 3.8) is 0 Å². The first-order valence-electron chi connectivity index (χ1n) is 8.71. The highest BCUT2D eigenvalue weighted by Crippen LogP contribution is 2.46. The topological polar surface area (TPSA) is 24.9 Å². The summed E-state index contributed by atoms with van der Waals surface area (Å²) in [5.41, 5.74) is 3.09. The van der Waals surface area contributed by atoms with E-state index in [0.29, 0.717) is 11.5 Å². The van der Waals surface area contributed by atoms with E-state index in [1.807, 2.05) is 12.3 Å². The lowest BCUT2D eigenvalue weighted by Gasteiger charge is -2.40. The van der Waals surface area contributed by atoms with Crippen molar-refractivity contribution in [2.75, 3.05) is 6.54 Å². The number of rotatable bonds is 7. The van der Waals surface area contributed by atoms with Crippen molar-refractivity contribution < 1.29 is 0 Å². The lowest BCUT2D eigenvalue weighted by atomic mass is 9.71. The first-order chi connectivity index (χ1) is 10.1. The molecular weight excluding hydrogens is 256 g/mol. The Hall–Kier alpha value is -0.890. The molecule has 0 aromatic carbocycles. The van der Waals surface area contributed by atoms with Crippen molar-refractivity contribution in [1.82, 2.24) is 10.3 Å². The van der Waals surface area contributed by atoms with Crippen LogP contribution in [-0.4, -0.2) is 17.6 Å². The molecule has 21 heavy (non-hydrogen) atoms. The number of pyridine rings is 1. The summed E-state index contributed by atoms with van der Waals surface area (Å²) in [6, 6.07) is 4.80. The summed E-state index contributed by atoms with van der Waals surface area (Å²) >= 11 is 0. The van der Waals surface area contributed by atoms with Gasteiger partial charge in [-0.05, 0) is 55.7 Å². The maximum atomic E-state index is 4.64. The van der Waals surface area contributed by atoms with Gasteiger partial charge >= 0.3 is 0 Å². The van der Waals surface area contributed by atoms with Gasteiger partial charge in [0, 0.05) is 24.4 Å². The monoisotopic (exact) mass is 288 g/mol. The van der Waals surface area contributed by atoms with E-state index >= 15 is 0 Å². The van der Waals surface area contributed by atoms with Crippen LogP contribution in [0.4, 0.5) is 0 Å². The lowest BCUT2D eigenvalue weighted by Crippen LogP contribution is -2.46. The van der Waals surface area contributed by atoms with Crippen molar-refractivity contribution in [3.05, 3.63) is 29.6 Å². The van der Waals surface area contributed by atoms with E-state index in [0.717, 1.165) is 18.9 Å². The normalized spacial score (nSPS) is 19.1. The van der Waals surface area contributed by atoms with Gasteiger partial charge in [-0.25, -0.2) is 0 Å². The number of aryl methyl sites for hydroxylation is 1. The molecule has 1 heterocycles. The van der Waals surface area contributed by atoms with Crippen LogP contribution in [0.1, 0.15) is 64.1 Å². The van der Waals surface area contributed by atoms with E-state index in [2.05, 4.69) is 44.1 Å². The van der Waals surface area contributed by atoms with Gasteiger partial charge in [-0.2, -0.15) is 0 Å². The number of hydrogen-bond donors (Lipinski definition) is 1. The summed E-state index contributed by atoms with van der Waals surface area (Å²) in [4.78, 5) is 4.64. The molecule has 0 aliphatic heterocycles. The zero-order valence-electron chi connectivity index (χ0n) is 14.3.